The molecule has 12 nitrogen and oxygen atoms in total. The van der Waals surface area contributed by atoms with E-state index >= 15 is 0 Å². The number of amides is 2. The number of hydrogen-bond donors (Lipinski definition) is 2. The monoisotopic (exact) mass is 779 g/mol. The van der Waals surface area contributed by atoms with E-state index in [1.54, 1.807) is 37.3 Å². The number of nitrogens with zero attached hydrogens (tertiary/aromatic N) is 1. The summed E-state index contributed by atoms with van der Waals surface area (Å²) in [6, 6.07) is 24.0. The summed E-state index contributed by atoms with van der Waals surface area (Å²) in [7, 11) is 0. The molecule has 0 aromatic heterocycles. The summed E-state index contributed by atoms with van der Waals surface area (Å²) in [6.07, 6.45) is -14.1. The smallest absolute Gasteiger partial charge is 0.416 e. The number of benzene rings is 4. The second-order valence-electron chi connectivity index (χ2n) is 12.5. The van der Waals surface area contributed by atoms with Crippen LogP contribution in [0.3, 0.4) is 0 Å². The predicted molar refractivity (Wildman–Crippen MR) is 191 cm³/mol. The van der Waals surface area contributed by atoms with Gasteiger partial charge >= 0.3 is 24.3 Å². The van der Waals surface area contributed by atoms with Gasteiger partial charge in [0.15, 0.2) is 18.5 Å². The Hall–Kier alpha value is -6.02. The Balaban J connectivity index is 1.45. The maximum Gasteiger partial charge on any atom is 0.416 e. The molecule has 2 amide bonds. The van der Waals surface area contributed by atoms with Crippen LogP contribution in [0.5, 0.6) is 0 Å². The number of anilines is 2. The molecule has 16 heteroatoms. The number of halogens is 4. The molecular formula is C40H37F4N3O9. The summed E-state index contributed by atoms with van der Waals surface area (Å²) in [5, 5.41) is 14.1. The fourth-order valence-electron chi connectivity index (χ4n) is 5.59. The number of esters is 1. The van der Waals surface area contributed by atoms with Gasteiger partial charge in [0, 0.05) is 18.0 Å². The quantitative estimate of drug-likeness (QED) is 0.0784. The lowest BCUT2D eigenvalue weighted by Crippen LogP contribution is -2.63. The molecule has 4 aromatic carbocycles. The minimum absolute atomic E-state index is 0.0483. The topological polar surface area (TPSA) is 154 Å². The van der Waals surface area contributed by atoms with Gasteiger partial charge in [-0.3, -0.25) is 15.4 Å². The lowest BCUT2D eigenvalue weighted by atomic mass is 9.98. The lowest BCUT2D eigenvalue weighted by molar-refractivity contribution is -0.311. The van der Waals surface area contributed by atoms with Crippen LogP contribution in [0.15, 0.2) is 97.1 Å². The van der Waals surface area contributed by atoms with Crippen LogP contribution in [-0.4, -0.2) is 62.1 Å². The van der Waals surface area contributed by atoms with E-state index in [1.807, 2.05) is 13.0 Å². The molecule has 5 rings (SSSR count). The number of carbonyl (C=O) groups excluding carboxylic acids is 3. The molecule has 0 radical (unpaired) electrons. The molecule has 56 heavy (non-hydrogen) atoms. The summed E-state index contributed by atoms with van der Waals surface area (Å²) in [5.74, 6) is -1.28. The van der Waals surface area contributed by atoms with Crippen LogP contribution in [0, 0.1) is 24.1 Å². The van der Waals surface area contributed by atoms with Gasteiger partial charge in [0.25, 0.3) is 0 Å². The minimum Gasteiger partial charge on any atom is -0.455 e. The van der Waals surface area contributed by atoms with Crippen LogP contribution in [0.4, 0.5) is 38.5 Å². The number of alkyl halides is 3. The molecule has 0 aliphatic carbocycles. The number of aryl methyl sites for hydroxylation is 1. The van der Waals surface area contributed by atoms with Gasteiger partial charge in [-0.25, -0.2) is 14.0 Å². The van der Waals surface area contributed by atoms with Crippen LogP contribution >= 0.6 is 0 Å². The van der Waals surface area contributed by atoms with Crippen LogP contribution in [0.2, 0.25) is 0 Å². The number of rotatable bonds is 13. The predicted octanol–water partition coefficient (Wildman–Crippen LogP) is 7.69. The molecule has 1 aliphatic heterocycles. The Bertz CT molecular complexity index is 1990. The Labute approximate surface area is 319 Å². The normalized spacial score (nSPS) is 19.3. The highest BCUT2D eigenvalue weighted by Gasteiger charge is 2.52. The Kier molecular flexibility index (Phi) is 14.0. The summed E-state index contributed by atoms with van der Waals surface area (Å²) in [6.45, 7) is 2.80. The van der Waals surface area contributed by atoms with E-state index in [-0.39, 0.29) is 36.6 Å². The number of ether oxygens (including phenoxy) is 6. The third-order valence-electron chi connectivity index (χ3n) is 8.33. The van der Waals surface area contributed by atoms with Crippen molar-refractivity contribution in [3.8, 4) is 6.07 Å². The molecular weight excluding hydrogens is 742 g/mol. The van der Waals surface area contributed by atoms with Crippen molar-refractivity contribution in [2.24, 2.45) is 0 Å². The summed E-state index contributed by atoms with van der Waals surface area (Å²) in [5.41, 5.74) is 1.59. The Morgan fingerprint density at radius 1 is 0.804 bits per heavy atom. The molecule has 0 saturated carbocycles. The maximum absolute atomic E-state index is 13.7. The largest absolute Gasteiger partial charge is 0.455 e. The van der Waals surface area contributed by atoms with Gasteiger partial charge in [-0.05, 0) is 79.6 Å². The van der Waals surface area contributed by atoms with E-state index in [9.17, 15) is 37.2 Å². The zero-order valence-corrected chi connectivity index (χ0v) is 30.1. The summed E-state index contributed by atoms with van der Waals surface area (Å²) in [4.78, 5) is 39.9. The highest BCUT2D eigenvalue weighted by Crippen LogP contribution is 2.32. The van der Waals surface area contributed by atoms with Crippen molar-refractivity contribution in [1.29, 1.82) is 5.26 Å². The zero-order valence-electron chi connectivity index (χ0n) is 30.1. The van der Waals surface area contributed by atoms with Gasteiger partial charge in [0.05, 0.1) is 30.2 Å². The van der Waals surface area contributed by atoms with Crippen molar-refractivity contribution in [3.05, 3.63) is 131 Å². The molecule has 2 N–H and O–H groups in total. The first kappa shape index (κ1) is 41.1. The first-order chi connectivity index (χ1) is 26.8. The third-order valence-corrected chi connectivity index (χ3v) is 8.33. The standard InChI is InChI=1S/C40H37F4N3O9/c1-3-51-37-36(52-22-26-11-15-29(41)16-12-26)35(56-39(50)46-30-17-13-28(14-18-30)40(42,43)44)34(55-33(48)20-25-9-7-24(2)8-10-25)32(54-37)23-53-38(49)47-31-6-4-5-27(19-31)21-45/h4-19,32,34-37H,3,20,22-23H2,1-2H3,(H,46,50)(H,47,49)/t32-,34-,35+,36-,37+/m1/s1. The molecule has 1 heterocycles. The molecule has 1 saturated heterocycles. The van der Waals surface area contributed by atoms with Crippen molar-refractivity contribution in [2.45, 2.75) is 63.8 Å². The van der Waals surface area contributed by atoms with E-state index < -0.39 is 73.0 Å². The molecule has 1 aliphatic rings. The van der Waals surface area contributed by atoms with Gasteiger partial charge in [-0.1, -0.05) is 48.0 Å². The molecule has 0 bridgehead atoms. The zero-order chi connectivity index (χ0) is 40.2. The summed E-state index contributed by atoms with van der Waals surface area (Å²) < 4.78 is 88.7. The SMILES string of the molecule is CCO[C@H]1O[C@H](COC(=O)Nc2cccc(C#N)c2)[C@@H](OC(=O)Cc2ccc(C)cc2)[C@H](OC(=O)Nc2ccc(C(F)(F)F)cc2)[C@H]1OCc1ccc(F)cc1. The number of nitrogens with one attached hydrogen (secondary N) is 2. The van der Waals surface area contributed by atoms with E-state index in [1.165, 1.54) is 42.5 Å². The van der Waals surface area contributed by atoms with Gasteiger partial charge in [-0.2, -0.15) is 18.4 Å². The number of hydrogen-bond acceptors (Lipinski definition) is 10. The van der Waals surface area contributed by atoms with Crippen molar-refractivity contribution in [1.82, 2.24) is 0 Å². The average molecular weight is 780 g/mol. The fourth-order valence-corrected chi connectivity index (χ4v) is 5.59. The van der Waals surface area contributed by atoms with Gasteiger partial charge in [0.2, 0.25) is 0 Å². The van der Waals surface area contributed by atoms with E-state index in [2.05, 4.69) is 10.6 Å². The van der Waals surface area contributed by atoms with Crippen molar-refractivity contribution in [3.63, 3.8) is 0 Å². The van der Waals surface area contributed by atoms with Crippen molar-refractivity contribution >= 4 is 29.5 Å². The van der Waals surface area contributed by atoms with Crippen LogP contribution in [0.1, 0.15) is 34.7 Å². The highest BCUT2D eigenvalue weighted by atomic mass is 19.4. The Morgan fingerprint density at radius 3 is 2.14 bits per heavy atom. The highest BCUT2D eigenvalue weighted by molar-refractivity contribution is 5.85. The van der Waals surface area contributed by atoms with Crippen LogP contribution in [0.25, 0.3) is 0 Å². The van der Waals surface area contributed by atoms with Crippen molar-refractivity contribution in [2.75, 3.05) is 23.8 Å². The summed E-state index contributed by atoms with van der Waals surface area (Å²) >= 11 is 0. The molecule has 1 fully saturated rings. The fraction of sp³-hybridized carbons (Fsp3) is 0.300. The number of nitriles is 1. The van der Waals surface area contributed by atoms with E-state index in [0.29, 0.717) is 11.1 Å². The first-order valence-electron chi connectivity index (χ1n) is 17.3. The molecule has 0 spiro atoms. The van der Waals surface area contributed by atoms with Gasteiger partial charge in [0.1, 0.15) is 24.6 Å². The molecule has 0 unspecified atom stereocenters. The van der Waals surface area contributed by atoms with Gasteiger partial charge < -0.3 is 28.4 Å². The number of carbonyl (C=O) groups is 3. The van der Waals surface area contributed by atoms with Gasteiger partial charge in [-0.15, -0.1) is 0 Å². The minimum atomic E-state index is -4.62. The molecule has 5 atom stereocenters. The average Bonchev–Trinajstić information content (AvgIpc) is 3.16. The van der Waals surface area contributed by atoms with Crippen LogP contribution in [-0.2, 0) is 52.4 Å². The molecule has 294 valence electrons. The van der Waals surface area contributed by atoms with Crippen molar-refractivity contribution < 1.29 is 60.4 Å². The van der Waals surface area contributed by atoms with E-state index in [0.717, 1.165) is 29.8 Å². The maximum atomic E-state index is 13.7. The van der Waals surface area contributed by atoms with E-state index in [4.69, 9.17) is 28.4 Å². The second kappa shape index (κ2) is 19.0. The third kappa shape index (κ3) is 11.7. The first-order valence-corrected chi connectivity index (χ1v) is 17.3. The van der Waals surface area contributed by atoms with Crippen LogP contribution < -0.4 is 10.6 Å². The Morgan fingerprint density at radius 2 is 1.48 bits per heavy atom. The molecule has 4 aromatic rings. The lowest BCUT2D eigenvalue weighted by Gasteiger charge is -2.44. The second-order valence-corrected chi connectivity index (χ2v) is 12.5.